The third-order valence-electron chi connectivity index (χ3n) is 0.287. The largest absolute Gasteiger partial charge is 0.359 e. The predicted molar refractivity (Wildman–Crippen MR) is 39.9 cm³/mol. The van der Waals surface area contributed by atoms with Crippen LogP contribution in [0.1, 0.15) is 29.2 Å². The maximum atomic E-state index is 9.29. The Morgan fingerprint density at radius 3 is 1.75 bits per heavy atom. The molecule has 0 heterocycles. The molecule has 0 saturated heterocycles. The Hall–Kier alpha value is -0.530. The van der Waals surface area contributed by atoms with Crippen molar-refractivity contribution < 1.29 is 4.79 Å². The molecule has 0 atom stereocenters. The average Bonchev–Trinajstić information content (AvgIpc) is 1.41. The van der Waals surface area contributed by atoms with Gasteiger partial charge >= 0.3 is 0 Å². The third kappa shape index (κ3) is 50.6. The maximum absolute atomic E-state index is 9.29. The number of amides is 1. The molecular formula is C6H19NO. The number of hydrogen-bond donors (Lipinski definition) is 1. The zero-order valence-electron chi connectivity index (χ0n) is 3.19. The smallest absolute Gasteiger partial charge is 0.207 e. The first kappa shape index (κ1) is 26.0. The Kier molecular flexibility index (Phi) is 103. The molecule has 0 bridgehead atoms. The summed E-state index contributed by atoms with van der Waals surface area (Å²) in [5.41, 5.74) is 0. The van der Waals surface area contributed by atoms with Crippen LogP contribution in [-0.2, 0) is 4.79 Å². The Balaban J connectivity index is -0.0000000267. The van der Waals surface area contributed by atoms with Crippen molar-refractivity contribution in [2.75, 3.05) is 6.54 Å². The zero-order chi connectivity index (χ0) is 4.12. The lowest BCUT2D eigenvalue weighted by Gasteiger charge is -1.78. The lowest BCUT2D eigenvalue weighted by molar-refractivity contribution is -0.109. The molecule has 0 fully saturated rings. The molecule has 0 aliphatic carbocycles. The first-order chi connectivity index (χ1) is 2.41. The van der Waals surface area contributed by atoms with Crippen LogP contribution in [0.2, 0.25) is 0 Å². The quantitative estimate of drug-likeness (QED) is 0.553. The minimum Gasteiger partial charge on any atom is -0.359 e. The monoisotopic (exact) mass is 121 g/mol. The average molecular weight is 121 g/mol. The van der Waals surface area contributed by atoms with E-state index < -0.39 is 0 Å². The SMILES string of the molecule is C.C.C.CCNC=O. The fourth-order valence-corrected chi connectivity index (χ4v) is 0.0833. The van der Waals surface area contributed by atoms with Gasteiger partial charge in [0.2, 0.25) is 6.41 Å². The van der Waals surface area contributed by atoms with Crippen LogP contribution in [0.25, 0.3) is 0 Å². The lowest BCUT2D eigenvalue weighted by Crippen LogP contribution is -2.07. The first-order valence-corrected chi connectivity index (χ1v) is 1.59. The summed E-state index contributed by atoms with van der Waals surface area (Å²) in [7, 11) is 0. The van der Waals surface area contributed by atoms with Gasteiger partial charge in [0.05, 0.1) is 0 Å². The fourth-order valence-electron chi connectivity index (χ4n) is 0.0833. The van der Waals surface area contributed by atoms with E-state index in [1.54, 1.807) is 0 Å². The molecule has 0 aliphatic heterocycles. The number of rotatable bonds is 2. The molecule has 8 heavy (non-hydrogen) atoms. The molecule has 1 N–H and O–H groups in total. The second kappa shape index (κ2) is 31.7. The lowest BCUT2D eigenvalue weighted by atomic mass is 10.8. The van der Waals surface area contributed by atoms with Crippen molar-refractivity contribution >= 4 is 6.41 Å². The van der Waals surface area contributed by atoms with Crippen LogP contribution in [0.5, 0.6) is 0 Å². The second-order valence-corrected chi connectivity index (χ2v) is 0.676. The van der Waals surface area contributed by atoms with Gasteiger partial charge in [0, 0.05) is 6.54 Å². The van der Waals surface area contributed by atoms with Gasteiger partial charge in [-0.15, -0.1) is 0 Å². The molecule has 0 aromatic rings. The van der Waals surface area contributed by atoms with Gasteiger partial charge in [-0.3, -0.25) is 4.79 Å². The van der Waals surface area contributed by atoms with Crippen LogP contribution in [0.3, 0.4) is 0 Å². The molecular weight excluding hydrogens is 102 g/mol. The summed E-state index contributed by atoms with van der Waals surface area (Å²) in [6.45, 7) is 2.60. The van der Waals surface area contributed by atoms with Crippen LogP contribution in [-0.4, -0.2) is 13.0 Å². The Bertz CT molecular complexity index is 29.7. The first-order valence-electron chi connectivity index (χ1n) is 1.59. The number of nitrogens with one attached hydrogen (secondary N) is 1. The second-order valence-electron chi connectivity index (χ2n) is 0.676. The highest BCUT2D eigenvalue weighted by Crippen LogP contribution is 1.37. The normalized spacial score (nSPS) is 4.12. The molecule has 0 spiro atoms. The summed E-state index contributed by atoms with van der Waals surface area (Å²) in [4.78, 5) is 9.29. The summed E-state index contributed by atoms with van der Waals surface area (Å²) < 4.78 is 0. The van der Waals surface area contributed by atoms with Crippen molar-refractivity contribution in [1.82, 2.24) is 5.32 Å². The van der Waals surface area contributed by atoms with Crippen LogP contribution >= 0.6 is 0 Å². The van der Waals surface area contributed by atoms with Crippen LogP contribution in [0.15, 0.2) is 0 Å². The van der Waals surface area contributed by atoms with Gasteiger partial charge in [0.15, 0.2) is 0 Å². The zero-order valence-corrected chi connectivity index (χ0v) is 3.19. The van der Waals surface area contributed by atoms with Crippen LogP contribution in [0.4, 0.5) is 0 Å². The van der Waals surface area contributed by atoms with Crippen molar-refractivity contribution in [3.63, 3.8) is 0 Å². The van der Waals surface area contributed by atoms with Gasteiger partial charge in [-0.25, -0.2) is 0 Å². The van der Waals surface area contributed by atoms with E-state index >= 15 is 0 Å². The minimum absolute atomic E-state index is 0. The van der Waals surface area contributed by atoms with E-state index in [9.17, 15) is 4.79 Å². The molecule has 0 aromatic carbocycles. The van der Waals surface area contributed by atoms with E-state index in [0.717, 1.165) is 6.54 Å². The number of carbonyl (C=O) groups is 1. The Morgan fingerprint density at radius 1 is 1.38 bits per heavy atom. The number of carbonyl (C=O) groups excluding carboxylic acids is 1. The van der Waals surface area contributed by atoms with Crippen molar-refractivity contribution in [2.45, 2.75) is 29.2 Å². The molecule has 54 valence electrons. The highest BCUT2D eigenvalue weighted by Gasteiger charge is 1.59. The topological polar surface area (TPSA) is 29.1 Å². The van der Waals surface area contributed by atoms with Crippen molar-refractivity contribution in [1.29, 1.82) is 0 Å². The highest BCUT2D eigenvalue weighted by molar-refractivity contribution is 5.45. The van der Waals surface area contributed by atoms with E-state index in [1.165, 1.54) is 0 Å². The Labute approximate surface area is 53.3 Å². The van der Waals surface area contributed by atoms with Gasteiger partial charge in [0.25, 0.3) is 0 Å². The van der Waals surface area contributed by atoms with E-state index in [-0.39, 0.29) is 22.3 Å². The van der Waals surface area contributed by atoms with Gasteiger partial charge in [0.1, 0.15) is 0 Å². The molecule has 0 saturated carbocycles. The summed E-state index contributed by atoms with van der Waals surface area (Å²) in [5.74, 6) is 0. The van der Waals surface area contributed by atoms with Gasteiger partial charge in [-0.2, -0.15) is 0 Å². The molecule has 0 aromatic heterocycles. The molecule has 0 radical (unpaired) electrons. The maximum Gasteiger partial charge on any atom is 0.207 e. The summed E-state index contributed by atoms with van der Waals surface area (Å²) in [6, 6.07) is 0. The highest BCUT2D eigenvalue weighted by atomic mass is 16.1. The van der Waals surface area contributed by atoms with Gasteiger partial charge < -0.3 is 5.32 Å². The van der Waals surface area contributed by atoms with Crippen molar-refractivity contribution in [3.8, 4) is 0 Å². The predicted octanol–water partition coefficient (Wildman–Crippen LogP) is 1.66. The van der Waals surface area contributed by atoms with Crippen LogP contribution < -0.4 is 5.32 Å². The molecule has 0 unspecified atom stereocenters. The molecule has 1 amide bonds. The standard InChI is InChI=1S/C3H7NO.3CH4/c1-2-4-3-5;;;/h3H,2H2,1H3,(H,4,5);3*1H4. The summed E-state index contributed by atoms with van der Waals surface area (Å²) >= 11 is 0. The molecule has 0 rings (SSSR count). The summed E-state index contributed by atoms with van der Waals surface area (Å²) in [5, 5.41) is 2.43. The molecule has 0 aliphatic rings. The van der Waals surface area contributed by atoms with E-state index in [1.807, 2.05) is 6.92 Å². The van der Waals surface area contributed by atoms with Gasteiger partial charge in [-0.05, 0) is 6.92 Å². The van der Waals surface area contributed by atoms with Gasteiger partial charge in [-0.1, -0.05) is 22.3 Å². The molecule has 2 heteroatoms. The van der Waals surface area contributed by atoms with Crippen molar-refractivity contribution in [2.24, 2.45) is 0 Å². The Morgan fingerprint density at radius 2 is 1.75 bits per heavy atom. The van der Waals surface area contributed by atoms with Crippen molar-refractivity contribution in [3.05, 3.63) is 0 Å². The van der Waals surface area contributed by atoms with E-state index in [0.29, 0.717) is 6.41 Å². The molecule has 2 nitrogen and oxygen atoms in total. The minimum atomic E-state index is 0. The number of hydrogen-bond acceptors (Lipinski definition) is 1. The van der Waals surface area contributed by atoms with Crippen LogP contribution in [0, 0.1) is 0 Å². The van der Waals surface area contributed by atoms with E-state index in [2.05, 4.69) is 5.32 Å². The summed E-state index contributed by atoms with van der Waals surface area (Å²) in [6.07, 6.45) is 0.681. The van der Waals surface area contributed by atoms with E-state index in [4.69, 9.17) is 0 Å². The third-order valence-corrected chi connectivity index (χ3v) is 0.287. The fraction of sp³-hybridized carbons (Fsp3) is 0.833.